The summed E-state index contributed by atoms with van der Waals surface area (Å²) in [5.41, 5.74) is -1.24. The number of aliphatic hydroxyl groups is 2. The first-order valence-corrected chi connectivity index (χ1v) is 51.0. The van der Waals surface area contributed by atoms with Gasteiger partial charge in [0.15, 0.2) is 12.4 Å². The van der Waals surface area contributed by atoms with Gasteiger partial charge in [0.1, 0.15) is 36.6 Å². The maximum Gasteiger partial charge on any atom is 0.470 e. The van der Waals surface area contributed by atoms with Gasteiger partial charge in [-0.3, -0.25) is 33.3 Å². The Morgan fingerprint density at radius 2 is 0.650 bits per heavy atom. The van der Waals surface area contributed by atoms with E-state index < -0.39 is 112 Å². The highest BCUT2D eigenvalue weighted by molar-refractivity contribution is 7.46. The van der Waals surface area contributed by atoms with Crippen LogP contribution in [0.1, 0.15) is 498 Å². The molecule has 1 rings (SSSR count). The van der Waals surface area contributed by atoms with Gasteiger partial charge in [0.05, 0.1) is 39.1 Å². The van der Waals surface area contributed by atoms with E-state index in [-0.39, 0.29) is 57.6 Å². The SMILES string of the molecule is CCCCCCCCCCCCCC(=O)O[C@H](CCCCCCCCCCC)CC(=O)NCC(CC)(CO)CO[C@@H]1OC(CO)[C@H](OP(=O)(O)O)[C@H](OC(=O)C[C@@H](CCCCCCCCCCC)OC(=O)CCCCCCCCCCCCC)C1NC(=O)C[C@@H](CCCCCCCCCCC)OC(=O)CCCCCCCCCCCCC. The van der Waals surface area contributed by atoms with Gasteiger partial charge in [0, 0.05) is 31.2 Å². The maximum absolute atomic E-state index is 15.1. The number of amides is 2. The predicted octanol–water partition coefficient (Wildman–Crippen LogP) is 24.9. The fourth-order valence-corrected chi connectivity index (χ4v) is 16.7. The van der Waals surface area contributed by atoms with Crippen LogP contribution < -0.4 is 10.6 Å². The summed E-state index contributed by atoms with van der Waals surface area (Å²) in [6.07, 6.45) is 57.2. The van der Waals surface area contributed by atoms with E-state index in [0.29, 0.717) is 51.4 Å². The first-order chi connectivity index (χ1) is 56.9. The number of aliphatic hydroxyl groups excluding tert-OH is 2. The average Bonchev–Trinajstić information content (AvgIpc) is 0.777. The normalized spacial score (nSPS) is 17.0. The van der Waals surface area contributed by atoms with Gasteiger partial charge in [-0.25, -0.2) is 4.57 Å². The van der Waals surface area contributed by atoms with Gasteiger partial charge in [-0.1, -0.05) is 395 Å². The average molecular weight is 1680 g/mol. The standard InChI is InChI=1S/C96H183N2O18P/c1-8-15-21-27-33-39-42-48-54-60-66-72-88(103)111-82(69-63-57-51-45-36-30-24-18-11-4)75-86(101)97-79-96(14-7,80-100)81-110-95-92(98-87(102)76-83(70-64-58-52-46-37-31-25-19-12-5)112-89(104)73-67-61-55-49-43-40-34-28-22-16-9-2)94(93(85(78-99)114-95)116-117(107,108)109)115-91(106)77-84(71-65-59-53-47-38-32-26-20-13-6)113-90(105)74-68-62-56-50-44-41-35-29-23-17-10-3/h82-85,92-95,99-100H,8-81H2,1-7H3,(H,97,101)(H,98,102)(H2,107,108,109)/t82-,83-,84-,85?,92?,93+,94-,95-,96?/m1/s1. The molecule has 3 unspecified atom stereocenters. The number of carbonyl (C=O) groups is 6. The van der Waals surface area contributed by atoms with Gasteiger partial charge in [0.25, 0.3) is 0 Å². The Hall–Kier alpha value is -3.23. The van der Waals surface area contributed by atoms with Crippen molar-refractivity contribution in [3.8, 4) is 0 Å². The molecule has 0 aliphatic carbocycles. The first kappa shape index (κ1) is 112. The molecule has 117 heavy (non-hydrogen) atoms. The summed E-state index contributed by atoms with van der Waals surface area (Å²) in [5.74, 6) is -3.26. The molecule has 0 saturated carbocycles. The second-order valence-electron chi connectivity index (χ2n) is 35.1. The van der Waals surface area contributed by atoms with Crippen LogP contribution in [0.15, 0.2) is 0 Å². The monoisotopic (exact) mass is 1680 g/mol. The zero-order chi connectivity index (χ0) is 85.8. The molecular formula is C96H183N2O18P. The highest BCUT2D eigenvalue weighted by Crippen LogP contribution is 2.43. The van der Waals surface area contributed by atoms with Crippen LogP contribution in [0.25, 0.3) is 0 Å². The topological polar surface area (TPSA) is 289 Å². The van der Waals surface area contributed by atoms with Crippen LogP contribution >= 0.6 is 7.82 Å². The van der Waals surface area contributed by atoms with Gasteiger partial charge in [-0.05, 0) is 64.2 Å². The lowest BCUT2D eigenvalue weighted by Gasteiger charge is -2.46. The van der Waals surface area contributed by atoms with Crippen molar-refractivity contribution < 1.29 is 86.3 Å². The van der Waals surface area contributed by atoms with Crippen LogP contribution in [-0.4, -0.2) is 131 Å². The third-order valence-electron chi connectivity index (χ3n) is 23.9. The first-order valence-electron chi connectivity index (χ1n) is 49.4. The Morgan fingerprint density at radius 3 is 0.932 bits per heavy atom. The van der Waals surface area contributed by atoms with Crippen LogP contribution in [-0.2, 0) is 66.3 Å². The molecule has 0 aromatic heterocycles. The van der Waals surface area contributed by atoms with E-state index in [2.05, 4.69) is 52.2 Å². The van der Waals surface area contributed by atoms with Crippen molar-refractivity contribution in [1.82, 2.24) is 10.6 Å². The van der Waals surface area contributed by atoms with Crippen molar-refractivity contribution in [3.05, 3.63) is 0 Å². The summed E-state index contributed by atoms with van der Waals surface area (Å²) < 4.78 is 56.4. The molecule has 1 heterocycles. The smallest absolute Gasteiger partial charge is 0.462 e. The largest absolute Gasteiger partial charge is 0.470 e. The van der Waals surface area contributed by atoms with Crippen molar-refractivity contribution >= 4 is 43.5 Å². The molecule has 690 valence electrons. The summed E-state index contributed by atoms with van der Waals surface area (Å²) in [6, 6.07) is -1.65. The molecule has 1 saturated heterocycles. The van der Waals surface area contributed by atoms with Crippen molar-refractivity contribution in [2.24, 2.45) is 5.41 Å². The van der Waals surface area contributed by atoms with E-state index in [4.69, 9.17) is 32.9 Å². The van der Waals surface area contributed by atoms with E-state index in [0.717, 1.165) is 167 Å². The highest BCUT2D eigenvalue weighted by atomic mass is 31.2. The molecule has 0 spiro atoms. The Kier molecular flexibility index (Phi) is 75.2. The van der Waals surface area contributed by atoms with E-state index in [1.54, 1.807) is 0 Å². The Morgan fingerprint density at radius 1 is 0.368 bits per heavy atom. The number of phosphoric ester groups is 1. The molecular weight excluding hydrogens is 1500 g/mol. The molecule has 1 fully saturated rings. The third kappa shape index (κ3) is 65.1. The van der Waals surface area contributed by atoms with Gasteiger partial charge in [-0.2, -0.15) is 0 Å². The number of esters is 4. The molecule has 1 aliphatic rings. The lowest BCUT2D eigenvalue weighted by atomic mass is 9.86. The minimum Gasteiger partial charge on any atom is -0.462 e. The van der Waals surface area contributed by atoms with Crippen molar-refractivity contribution in [3.63, 3.8) is 0 Å². The zero-order valence-corrected chi connectivity index (χ0v) is 77.3. The van der Waals surface area contributed by atoms with E-state index in [1.165, 1.54) is 186 Å². The highest BCUT2D eigenvalue weighted by Gasteiger charge is 2.53. The second kappa shape index (κ2) is 78.7. The van der Waals surface area contributed by atoms with Gasteiger partial charge < -0.3 is 59.1 Å². The van der Waals surface area contributed by atoms with Crippen LogP contribution in [0, 0.1) is 5.41 Å². The number of hydrogen-bond acceptors (Lipinski definition) is 16. The summed E-state index contributed by atoms with van der Waals surface area (Å²) in [4.78, 5) is 107. The lowest BCUT2D eigenvalue weighted by molar-refractivity contribution is -0.278. The minimum atomic E-state index is -5.53. The number of hydrogen-bond donors (Lipinski definition) is 6. The molecule has 0 aromatic carbocycles. The quantitative estimate of drug-likeness (QED) is 0.0143. The summed E-state index contributed by atoms with van der Waals surface area (Å²) in [7, 11) is -5.53. The number of unbranched alkanes of at least 4 members (excludes halogenated alkanes) is 54. The zero-order valence-electron chi connectivity index (χ0n) is 76.4. The Bertz CT molecular complexity index is 2380. The van der Waals surface area contributed by atoms with Crippen molar-refractivity contribution in [2.45, 2.75) is 547 Å². The van der Waals surface area contributed by atoms with E-state index in [1.807, 2.05) is 6.92 Å². The lowest BCUT2D eigenvalue weighted by Crippen LogP contribution is -2.66. The summed E-state index contributed by atoms with van der Waals surface area (Å²) in [5, 5.41) is 28.5. The van der Waals surface area contributed by atoms with Crippen LogP contribution in [0.4, 0.5) is 0 Å². The Balaban J connectivity index is 3.84. The summed E-state index contributed by atoms with van der Waals surface area (Å²) in [6.45, 7) is 13.1. The molecule has 1 aliphatic heterocycles. The Labute approximate surface area is 715 Å². The minimum absolute atomic E-state index is 0.105. The van der Waals surface area contributed by atoms with Crippen molar-refractivity contribution in [2.75, 3.05) is 26.4 Å². The van der Waals surface area contributed by atoms with Gasteiger partial charge in [-0.15, -0.1) is 0 Å². The molecule has 0 aromatic rings. The van der Waals surface area contributed by atoms with E-state index >= 15 is 4.79 Å². The van der Waals surface area contributed by atoms with E-state index in [9.17, 15) is 48.5 Å². The maximum atomic E-state index is 15.1. The number of nitrogens with one attached hydrogen (secondary N) is 2. The van der Waals surface area contributed by atoms with Crippen molar-refractivity contribution in [1.29, 1.82) is 0 Å². The molecule has 2 amide bonds. The third-order valence-corrected chi connectivity index (χ3v) is 24.5. The molecule has 0 radical (unpaired) electrons. The summed E-state index contributed by atoms with van der Waals surface area (Å²) >= 11 is 0. The molecule has 0 bridgehead atoms. The molecule has 9 atom stereocenters. The van der Waals surface area contributed by atoms with Gasteiger partial charge in [0.2, 0.25) is 11.8 Å². The van der Waals surface area contributed by atoms with Gasteiger partial charge >= 0.3 is 31.7 Å². The number of ether oxygens (including phenoxy) is 6. The fourth-order valence-electron chi connectivity index (χ4n) is 16.1. The van der Waals surface area contributed by atoms with Crippen LogP contribution in [0.2, 0.25) is 0 Å². The second-order valence-corrected chi connectivity index (χ2v) is 36.3. The molecule has 21 heteroatoms. The number of rotatable bonds is 87. The molecule has 6 N–H and O–H groups in total. The molecule has 20 nitrogen and oxygen atoms in total. The number of phosphoric acid groups is 1. The number of carbonyl (C=O) groups excluding carboxylic acids is 6. The predicted molar refractivity (Wildman–Crippen MR) is 476 cm³/mol. The van der Waals surface area contributed by atoms with Crippen LogP contribution in [0.3, 0.4) is 0 Å². The van der Waals surface area contributed by atoms with Crippen LogP contribution in [0.5, 0.6) is 0 Å². The fraction of sp³-hybridized carbons (Fsp3) is 0.938.